The summed E-state index contributed by atoms with van der Waals surface area (Å²) < 4.78 is 6.65. The Morgan fingerprint density at radius 1 is 0.941 bits per heavy atom. The van der Waals surface area contributed by atoms with E-state index in [1.165, 1.54) is 0 Å². The van der Waals surface area contributed by atoms with Crippen LogP contribution in [-0.4, -0.2) is 31.0 Å². The lowest BCUT2D eigenvalue weighted by molar-refractivity contribution is 0.0933. The van der Waals surface area contributed by atoms with Crippen LogP contribution < -0.4 is 15.4 Å². The van der Waals surface area contributed by atoms with Crippen LogP contribution in [0.2, 0.25) is 0 Å². The molecule has 0 radical (unpaired) electrons. The van der Waals surface area contributed by atoms with Crippen molar-refractivity contribution in [2.75, 3.05) is 13.2 Å². The molecule has 0 bridgehead atoms. The van der Waals surface area contributed by atoms with Gasteiger partial charge in [-0.2, -0.15) is 0 Å². The smallest absolute Gasteiger partial charge is 0.251 e. The number of hydrogen-bond donors (Lipinski definition) is 2. The van der Waals surface area contributed by atoms with E-state index in [-0.39, 0.29) is 17.9 Å². The largest absolute Gasteiger partial charge is 0.493 e. The van der Waals surface area contributed by atoms with Gasteiger partial charge in [0.25, 0.3) is 11.8 Å². The van der Waals surface area contributed by atoms with Crippen molar-refractivity contribution in [3.05, 3.63) is 100 Å². The second-order valence-corrected chi connectivity index (χ2v) is 9.45. The fourth-order valence-corrected chi connectivity index (χ4v) is 5.11. The van der Waals surface area contributed by atoms with Crippen molar-refractivity contribution in [2.45, 2.75) is 25.3 Å². The molecule has 5 nitrogen and oxygen atoms in total. The Bertz CT molecular complexity index is 1320. The van der Waals surface area contributed by atoms with E-state index in [1.807, 2.05) is 66.0 Å². The fraction of sp³-hybridized carbons (Fsp3) is 0.214. The Balaban J connectivity index is 1.23. The first kappa shape index (κ1) is 22.2. The summed E-state index contributed by atoms with van der Waals surface area (Å²) in [5, 5.41) is 9.36. The van der Waals surface area contributed by atoms with E-state index in [0.29, 0.717) is 37.1 Å². The van der Waals surface area contributed by atoms with Gasteiger partial charge in [0.05, 0.1) is 6.61 Å². The normalized spacial score (nSPS) is 13.2. The van der Waals surface area contributed by atoms with Crippen LogP contribution in [0.1, 0.15) is 38.3 Å². The third-order valence-electron chi connectivity index (χ3n) is 6.11. The Morgan fingerprint density at radius 2 is 1.76 bits per heavy atom. The third-order valence-corrected chi connectivity index (χ3v) is 6.99. The number of rotatable bonds is 8. The SMILES string of the molecule is O=C(NCCC(Cc1ccccc1)NC(=O)c1ccc2c(c1)CCO2)c1ccc2ccsc2c1. The van der Waals surface area contributed by atoms with Crippen molar-refractivity contribution >= 4 is 33.2 Å². The zero-order chi connectivity index (χ0) is 23.3. The molecule has 0 saturated carbocycles. The standard InChI is InChI=1S/C28H26N2O3S/c31-27(23-7-6-20-12-15-34-26(20)18-23)29-13-10-24(16-19-4-2-1-3-5-19)30-28(32)22-8-9-25-21(17-22)11-14-33-25/h1-9,12,15,17-18,24H,10-11,13-14,16H2,(H,29,31)(H,30,32). The molecule has 5 rings (SSSR count). The highest BCUT2D eigenvalue weighted by atomic mass is 32.1. The summed E-state index contributed by atoms with van der Waals surface area (Å²) in [6.45, 7) is 1.13. The second kappa shape index (κ2) is 10.1. The Labute approximate surface area is 202 Å². The molecule has 1 aliphatic rings. The number of amides is 2. The third kappa shape index (κ3) is 5.13. The molecule has 0 fully saturated rings. The summed E-state index contributed by atoms with van der Waals surface area (Å²) in [7, 11) is 0. The highest BCUT2D eigenvalue weighted by Gasteiger charge is 2.18. The first-order valence-electron chi connectivity index (χ1n) is 11.5. The molecule has 1 atom stereocenters. The van der Waals surface area contributed by atoms with E-state index in [9.17, 15) is 9.59 Å². The predicted molar refractivity (Wildman–Crippen MR) is 136 cm³/mol. The average molecular weight is 471 g/mol. The van der Waals surface area contributed by atoms with Crippen LogP contribution in [-0.2, 0) is 12.8 Å². The van der Waals surface area contributed by atoms with E-state index in [0.717, 1.165) is 33.4 Å². The van der Waals surface area contributed by atoms with E-state index in [4.69, 9.17) is 4.74 Å². The van der Waals surface area contributed by atoms with Gasteiger partial charge in [-0.15, -0.1) is 11.3 Å². The molecule has 0 spiro atoms. The van der Waals surface area contributed by atoms with Gasteiger partial charge < -0.3 is 15.4 Å². The monoisotopic (exact) mass is 470 g/mol. The van der Waals surface area contributed by atoms with Crippen LogP contribution in [0, 0.1) is 0 Å². The first-order valence-corrected chi connectivity index (χ1v) is 12.4. The van der Waals surface area contributed by atoms with Crippen molar-refractivity contribution in [3.8, 4) is 5.75 Å². The maximum absolute atomic E-state index is 13.0. The summed E-state index contributed by atoms with van der Waals surface area (Å²) in [5.74, 6) is 0.657. The molecule has 2 heterocycles. The number of carbonyl (C=O) groups excluding carboxylic acids is 2. The fourth-order valence-electron chi connectivity index (χ4n) is 4.28. The van der Waals surface area contributed by atoms with Gasteiger partial charge in [0.2, 0.25) is 0 Å². The lowest BCUT2D eigenvalue weighted by Gasteiger charge is -2.20. The number of fused-ring (bicyclic) bond motifs is 2. The van der Waals surface area contributed by atoms with Gasteiger partial charge in [-0.1, -0.05) is 36.4 Å². The summed E-state index contributed by atoms with van der Waals surface area (Å²) in [5.41, 5.74) is 3.50. The number of thiophene rings is 1. The van der Waals surface area contributed by atoms with Crippen molar-refractivity contribution < 1.29 is 14.3 Å². The molecular weight excluding hydrogens is 444 g/mol. The van der Waals surface area contributed by atoms with Crippen LogP contribution in [0.3, 0.4) is 0 Å². The molecule has 1 unspecified atom stereocenters. The van der Waals surface area contributed by atoms with Crippen LogP contribution in [0.15, 0.2) is 78.2 Å². The van der Waals surface area contributed by atoms with E-state index in [2.05, 4.69) is 22.8 Å². The molecule has 0 aliphatic carbocycles. The average Bonchev–Trinajstić information content (AvgIpc) is 3.52. The van der Waals surface area contributed by atoms with Crippen molar-refractivity contribution in [3.63, 3.8) is 0 Å². The van der Waals surface area contributed by atoms with Gasteiger partial charge in [-0.25, -0.2) is 0 Å². The molecule has 172 valence electrons. The van der Waals surface area contributed by atoms with Gasteiger partial charge >= 0.3 is 0 Å². The van der Waals surface area contributed by atoms with Crippen LogP contribution >= 0.6 is 11.3 Å². The Hall–Kier alpha value is -3.64. The molecule has 1 aromatic heterocycles. The minimum atomic E-state index is -0.112. The van der Waals surface area contributed by atoms with Crippen molar-refractivity contribution in [1.82, 2.24) is 10.6 Å². The highest BCUT2D eigenvalue weighted by Crippen LogP contribution is 2.26. The van der Waals surface area contributed by atoms with Crippen molar-refractivity contribution in [2.24, 2.45) is 0 Å². The topological polar surface area (TPSA) is 67.4 Å². The van der Waals surface area contributed by atoms with E-state index < -0.39 is 0 Å². The van der Waals surface area contributed by atoms with E-state index >= 15 is 0 Å². The molecular formula is C28H26N2O3S. The van der Waals surface area contributed by atoms with Crippen LogP contribution in [0.25, 0.3) is 10.1 Å². The van der Waals surface area contributed by atoms with Gasteiger partial charge in [-0.05, 0) is 71.1 Å². The van der Waals surface area contributed by atoms with Gasteiger partial charge in [0.15, 0.2) is 0 Å². The summed E-state index contributed by atoms with van der Waals surface area (Å²) >= 11 is 1.63. The molecule has 34 heavy (non-hydrogen) atoms. The minimum Gasteiger partial charge on any atom is -0.493 e. The zero-order valence-corrected chi connectivity index (χ0v) is 19.6. The lowest BCUT2D eigenvalue weighted by atomic mass is 10.0. The summed E-state index contributed by atoms with van der Waals surface area (Å²) in [6.07, 6.45) is 2.15. The minimum absolute atomic E-state index is 0.0984. The number of benzene rings is 3. The van der Waals surface area contributed by atoms with Crippen LogP contribution in [0.5, 0.6) is 5.75 Å². The lowest BCUT2D eigenvalue weighted by Crippen LogP contribution is -2.39. The zero-order valence-electron chi connectivity index (χ0n) is 18.8. The maximum Gasteiger partial charge on any atom is 0.251 e. The number of nitrogens with one attached hydrogen (secondary N) is 2. The predicted octanol–water partition coefficient (Wildman–Crippen LogP) is 5.00. The summed E-state index contributed by atoms with van der Waals surface area (Å²) in [6, 6.07) is 23.4. The Morgan fingerprint density at radius 3 is 2.65 bits per heavy atom. The maximum atomic E-state index is 13.0. The highest BCUT2D eigenvalue weighted by molar-refractivity contribution is 7.17. The Kier molecular flexibility index (Phi) is 6.58. The first-order chi connectivity index (χ1) is 16.7. The number of carbonyl (C=O) groups is 2. The summed E-state index contributed by atoms with van der Waals surface area (Å²) in [4.78, 5) is 25.7. The molecule has 6 heteroatoms. The van der Waals surface area contributed by atoms with Gasteiger partial charge in [-0.3, -0.25) is 9.59 Å². The van der Waals surface area contributed by atoms with Crippen molar-refractivity contribution in [1.29, 1.82) is 0 Å². The van der Waals surface area contributed by atoms with Crippen LogP contribution in [0.4, 0.5) is 0 Å². The van der Waals surface area contributed by atoms with Gasteiger partial charge in [0, 0.05) is 34.8 Å². The number of hydrogen-bond acceptors (Lipinski definition) is 4. The van der Waals surface area contributed by atoms with E-state index in [1.54, 1.807) is 11.3 Å². The molecule has 4 aromatic rings. The molecule has 3 aromatic carbocycles. The quantitative estimate of drug-likeness (QED) is 0.381. The molecule has 2 N–H and O–H groups in total. The molecule has 1 aliphatic heterocycles. The molecule has 2 amide bonds. The second-order valence-electron chi connectivity index (χ2n) is 8.50. The van der Waals surface area contributed by atoms with Gasteiger partial charge in [0.1, 0.15) is 5.75 Å². The molecule has 0 saturated heterocycles. The number of ether oxygens (including phenoxy) is 1.